The number of imide groups is 1. The highest BCUT2D eigenvalue weighted by molar-refractivity contribution is 6.32. The number of nitrogens with one attached hydrogen (secondary N) is 2. The van der Waals surface area contributed by atoms with Crippen LogP contribution in [0.15, 0.2) is 24.3 Å². The van der Waals surface area contributed by atoms with Crippen molar-refractivity contribution in [2.75, 3.05) is 26.8 Å². The number of halogens is 1. The highest BCUT2D eigenvalue weighted by atomic mass is 35.5. The number of hydrogen-bond donors (Lipinski definition) is 2. The molecule has 0 unspecified atom stereocenters. The molecule has 7 nitrogen and oxygen atoms in total. The Morgan fingerprint density at radius 3 is 2.74 bits per heavy atom. The molecule has 1 fully saturated rings. The van der Waals surface area contributed by atoms with Crippen LogP contribution in [0.1, 0.15) is 12.5 Å². The quantitative estimate of drug-likeness (QED) is 0.594. The van der Waals surface area contributed by atoms with E-state index in [9.17, 15) is 14.4 Å². The van der Waals surface area contributed by atoms with Crippen molar-refractivity contribution < 1.29 is 19.1 Å². The maximum Gasteiger partial charge on any atom is 0.325 e. The molecule has 1 saturated heterocycles. The van der Waals surface area contributed by atoms with E-state index in [0.717, 1.165) is 4.90 Å². The summed E-state index contributed by atoms with van der Waals surface area (Å²) < 4.78 is 4.82. The van der Waals surface area contributed by atoms with Crippen LogP contribution >= 0.6 is 11.6 Å². The number of benzene rings is 1. The number of amides is 4. The van der Waals surface area contributed by atoms with Gasteiger partial charge in [-0.05, 0) is 13.0 Å². The number of urea groups is 1. The van der Waals surface area contributed by atoms with Crippen molar-refractivity contribution >= 4 is 29.4 Å². The zero-order valence-electron chi connectivity index (χ0n) is 12.9. The molecule has 0 aliphatic carbocycles. The zero-order chi connectivity index (χ0) is 17.0. The van der Waals surface area contributed by atoms with Gasteiger partial charge in [-0.2, -0.15) is 0 Å². The summed E-state index contributed by atoms with van der Waals surface area (Å²) in [5.41, 5.74) is -0.801. The Hall–Kier alpha value is -2.12. The van der Waals surface area contributed by atoms with Crippen molar-refractivity contribution in [3.63, 3.8) is 0 Å². The summed E-state index contributed by atoms with van der Waals surface area (Å²) >= 11 is 6.13. The Bertz CT molecular complexity index is 637. The number of methoxy groups -OCH3 is 1. The molecule has 0 aromatic heterocycles. The maximum atomic E-state index is 12.6. The van der Waals surface area contributed by atoms with Crippen molar-refractivity contribution in [1.29, 1.82) is 0 Å². The number of ether oxygens (including phenoxy) is 1. The fourth-order valence-corrected chi connectivity index (χ4v) is 2.71. The van der Waals surface area contributed by atoms with Gasteiger partial charge in [-0.3, -0.25) is 14.5 Å². The lowest BCUT2D eigenvalue weighted by atomic mass is 9.92. The summed E-state index contributed by atoms with van der Waals surface area (Å²) in [4.78, 5) is 37.4. The molecule has 1 aliphatic heterocycles. The SMILES string of the molecule is COCCNC(=O)CN1C(=O)N[C@@](C)(c2ccccc2Cl)C1=O. The second-order valence-electron chi connectivity index (χ2n) is 5.27. The van der Waals surface area contributed by atoms with Crippen LogP contribution in [0, 0.1) is 0 Å². The number of carbonyl (C=O) groups excluding carboxylic acids is 3. The van der Waals surface area contributed by atoms with Gasteiger partial charge in [0.25, 0.3) is 5.91 Å². The Morgan fingerprint density at radius 1 is 1.39 bits per heavy atom. The maximum absolute atomic E-state index is 12.6. The summed E-state index contributed by atoms with van der Waals surface area (Å²) in [5, 5.41) is 5.54. The first-order valence-corrected chi connectivity index (χ1v) is 7.42. The average Bonchev–Trinajstić information content (AvgIpc) is 2.72. The van der Waals surface area contributed by atoms with Crippen LogP contribution in [0.2, 0.25) is 5.02 Å². The minimum atomic E-state index is -1.29. The molecule has 1 aromatic rings. The van der Waals surface area contributed by atoms with Gasteiger partial charge in [-0.25, -0.2) is 4.79 Å². The van der Waals surface area contributed by atoms with Crippen molar-refractivity contribution in [2.24, 2.45) is 0 Å². The van der Waals surface area contributed by atoms with Gasteiger partial charge in [0.05, 0.1) is 6.61 Å². The monoisotopic (exact) mass is 339 g/mol. The van der Waals surface area contributed by atoms with Crippen LogP contribution in [0.4, 0.5) is 4.79 Å². The highest BCUT2D eigenvalue weighted by Gasteiger charge is 2.50. The molecule has 0 bridgehead atoms. The number of nitrogens with zero attached hydrogens (tertiary/aromatic N) is 1. The van der Waals surface area contributed by atoms with E-state index in [-0.39, 0.29) is 6.54 Å². The van der Waals surface area contributed by atoms with Crippen LogP contribution in [-0.2, 0) is 19.9 Å². The van der Waals surface area contributed by atoms with E-state index in [4.69, 9.17) is 16.3 Å². The molecule has 23 heavy (non-hydrogen) atoms. The zero-order valence-corrected chi connectivity index (χ0v) is 13.6. The smallest absolute Gasteiger partial charge is 0.325 e. The Labute approximate surface area is 138 Å². The lowest BCUT2D eigenvalue weighted by molar-refractivity contribution is -0.134. The second-order valence-corrected chi connectivity index (χ2v) is 5.68. The molecule has 0 saturated carbocycles. The van der Waals surface area contributed by atoms with Crippen molar-refractivity contribution in [1.82, 2.24) is 15.5 Å². The molecule has 0 radical (unpaired) electrons. The minimum Gasteiger partial charge on any atom is -0.383 e. The number of carbonyl (C=O) groups is 3. The van der Waals surface area contributed by atoms with Gasteiger partial charge in [0, 0.05) is 24.2 Å². The first-order valence-electron chi connectivity index (χ1n) is 7.05. The van der Waals surface area contributed by atoms with Gasteiger partial charge in [-0.15, -0.1) is 0 Å². The third-order valence-electron chi connectivity index (χ3n) is 3.62. The lowest BCUT2D eigenvalue weighted by Crippen LogP contribution is -2.43. The van der Waals surface area contributed by atoms with Gasteiger partial charge in [0.15, 0.2) is 0 Å². The first kappa shape index (κ1) is 17.2. The number of rotatable bonds is 6. The van der Waals surface area contributed by atoms with E-state index in [2.05, 4.69) is 10.6 Å². The largest absolute Gasteiger partial charge is 0.383 e. The van der Waals surface area contributed by atoms with Gasteiger partial charge in [-0.1, -0.05) is 29.8 Å². The molecule has 0 spiro atoms. The molecule has 1 atom stereocenters. The first-order chi connectivity index (χ1) is 10.9. The minimum absolute atomic E-state index is 0.306. The van der Waals surface area contributed by atoms with Crippen LogP contribution in [0.3, 0.4) is 0 Å². The van der Waals surface area contributed by atoms with Gasteiger partial charge in [0.2, 0.25) is 5.91 Å². The summed E-state index contributed by atoms with van der Waals surface area (Å²) in [5.74, 6) is -0.952. The van der Waals surface area contributed by atoms with Crippen molar-refractivity contribution in [3.05, 3.63) is 34.9 Å². The fourth-order valence-electron chi connectivity index (χ4n) is 2.38. The average molecular weight is 340 g/mol. The van der Waals surface area contributed by atoms with E-state index >= 15 is 0 Å². The fraction of sp³-hybridized carbons (Fsp3) is 0.400. The molecule has 1 aliphatic rings. The molecule has 1 heterocycles. The van der Waals surface area contributed by atoms with Gasteiger partial charge >= 0.3 is 6.03 Å². The standard InChI is InChI=1S/C15H18ClN3O4/c1-15(10-5-3-4-6-11(10)16)13(21)19(14(22)18-15)9-12(20)17-7-8-23-2/h3-6H,7-9H2,1-2H3,(H,17,20)(H,18,22)/t15-/m0/s1. The number of hydrogen-bond acceptors (Lipinski definition) is 4. The predicted octanol–water partition coefficient (Wildman–Crippen LogP) is 0.870. The van der Waals surface area contributed by atoms with E-state index in [1.54, 1.807) is 31.2 Å². The van der Waals surface area contributed by atoms with Gasteiger partial charge < -0.3 is 15.4 Å². The molecular formula is C15H18ClN3O4. The Balaban J connectivity index is 2.14. The van der Waals surface area contributed by atoms with Gasteiger partial charge in [0.1, 0.15) is 12.1 Å². The topological polar surface area (TPSA) is 87.7 Å². The van der Waals surface area contributed by atoms with Crippen molar-refractivity contribution in [3.8, 4) is 0 Å². The second kappa shape index (κ2) is 6.97. The molecule has 8 heteroatoms. The summed E-state index contributed by atoms with van der Waals surface area (Å²) in [6.07, 6.45) is 0. The molecule has 1 aromatic carbocycles. The molecular weight excluding hydrogens is 322 g/mol. The normalized spacial score (nSPS) is 20.6. The van der Waals surface area contributed by atoms with E-state index in [1.807, 2.05) is 0 Å². The lowest BCUT2D eigenvalue weighted by Gasteiger charge is -2.23. The third-order valence-corrected chi connectivity index (χ3v) is 3.95. The van der Waals surface area contributed by atoms with Crippen molar-refractivity contribution in [2.45, 2.75) is 12.5 Å². The summed E-state index contributed by atoms with van der Waals surface area (Å²) in [7, 11) is 1.51. The Kier molecular flexibility index (Phi) is 5.23. The third kappa shape index (κ3) is 3.46. The van der Waals surface area contributed by atoms with E-state index in [0.29, 0.717) is 23.7 Å². The van der Waals surface area contributed by atoms with Crippen LogP contribution in [0.25, 0.3) is 0 Å². The van der Waals surface area contributed by atoms with Crippen LogP contribution in [-0.4, -0.2) is 49.6 Å². The summed E-state index contributed by atoms with van der Waals surface area (Å²) in [6, 6.07) is 6.15. The van der Waals surface area contributed by atoms with Crippen LogP contribution in [0.5, 0.6) is 0 Å². The molecule has 4 amide bonds. The van der Waals surface area contributed by atoms with E-state index in [1.165, 1.54) is 7.11 Å². The van der Waals surface area contributed by atoms with E-state index < -0.39 is 23.4 Å². The summed E-state index contributed by atoms with van der Waals surface area (Å²) in [6.45, 7) is 1.87. The molecule has 2 N–H and O–H groups in total. The molecule has 2 rings (SSSR count). The van der Waals surface area contributed by atoms with Crippen LogP contribution < -0.4 is 10.6 Å². The predicted molar refractivity (Wildman–Crippen MR) is 83.9 cm³/mol. The molecule has 124 valence electrons. The Morgan fingerprint density at radius 2 is 2.09 bits per heavy atom. The highest BCUT2D eigenvalue weighted by Crippen LogP contribution is 2.33.